The fourth-order valence-electron chi connectivity index (χ4n) is 6.47. The minimum atomic E-state index is -2.11. The van der Waals surface area contributed by atoms with Crippen LogP contribution in [0.2, 0.25) is 109 Å². The van der Waals surface area contributed by atoms with Crippen LogP contribution in [0.25, 0.3) is 9.75 Å². The van der Waals surface area contributed by atoms with Crippen LogP contribution in [0, 0.1) is 46.6 Å². The molecule has 0 saturated heterocycles. The van der Waals surface area contributed by atoms with Crippen LogP contribution >= 0.6 is 22.7 Å². The van der Waals surface area contributed by atoms with E-state index in [0.717, 1.165) is 68.3 Å². The van der Waals surface area contributed by atoms with E-state index in [9.17, 15) is 0 Å². The Morgan fingerprint density at radius 1 is 0.375 bits per heavy atom. The fraction of sp³-hybridized carbons (Fsp3) is 0.667. The van der Waals surface area contributed by atoms with Crippen molar-refractivity contribution < 1.29 is 17.7 Å². The molecule has 0 atom stereocenters. The lowest BCUT2D eigenvalue weighted by molar-refractivity contribution is 0.308. The monoisotopic (exact) mass is 1120 g/mol. The number of thiophene rings is 2. The van der Waals surface area contributed by atoms with E-state index in [2.05, 4.69) is 248 Å². The van der Waals surface area contributed by atoms with Crippen LogP contribution < -0.4 is 0 Å². The Balaban J connectivity index is 2.87. The van der Waals surface area contributed by atoms with Gasteiger partial charge in [-0.2, -0.15) is 0 Å². The van der Waals surface area contributed by atoms with Crippen LogP contribution in [0.4, 0.5) is 0 Å². The summed E-state index contributed by atoms with van der Waals surface area (Å²) in [5.41, 5.74) is 11.7. The molecule has 12 heteroatoms. The van der Waals surface area contributed by atoms with Crippen LogP contribution in [0.15, 0.2) is 46.6 Å². The second-order valence-corrected chi connectivity index (χ2v) is 57.4. The van der Waals surface area contributed by atoms with E-state index < -0.39 is 49.4 Å². The van der Waals surface area contributed by atoms with Crippen molar-refractivity contribution in [2.75, 3.05) is 26.4 Å². The number of hydrogen-bond acceptors (Lipinski definition) is 6. The molecular formula is C60H102O4S2Si6. The van der Waals surface area contributed by atoms with Gasteiger partial charge in [-0.3, -0.25) is 0 Å². The quantitative estimate of drug-likeness (QED) is 0.104. The Hall–Kier alpha value is -1.74. The zero-order chi connectivity index (χ0) is 55.4. The van der Waals surface area contributed by atoms with Crippen LogP contribution in [0.3, 0.4) is 0 Å². The van der Waals surface area contributed by atoms with Crippen molar-refractivity contribution in [1.29, 1.82) is 0 Å². The third kappa shape index (κ3) is 18.8. The Morgan fingerprint density at radius 2 is 0.597 bits per heavy atom. The van der Waals surface area contributed by atoms with Gasteiger partial charge in [0.05, 0.1) is 36.2 Å². The molecule has 2 rings (SSSR count). The molecular weight excluding hydrogens is 1020 g/mol. The van der Waals surface area contributed by atoms with Gasteiger partial charge >= 0.3 is 0 Å². The summed E-state index contributed by atoms with van der Waals surface area (Å²) >= 11 is 3.45. The van der Waals surface area contributed by atoms with Gasteiger partial charge in [0.15, 0.2) is 33.3 Å². The van der Waals surface area contributed by atoms with E-state index in [1.807, 2.05) is 0 Å². The van der Waals surface area contributed by atoms with Gasteiger partial charge in [-0.25, -0.2) is 0 Å². The second kappa shape index (κ2) is 26.5. The van der Waals surface area contributed by atoms with Gasteiger partial charge in [-0.1, -0.05) is 160 Å². The molecule has 0 aromatic carbocycles. The Kier molecular flexibility index (Phi) is 24.5. The summed E-state index contributed by atoms with van der Waals surface area (Å²) in [6.45, 7) is 61.8. The van der Waals surface area contributed by atoms with E-state index in [1.54, 1.807) is 22.7 Å². The number of rotatable bonds is 19. The van der Waals surface area contributed by atoms with Gasteiger partial charge in [0.25, 0.3) is 0 Å². The summed E-state index contributed by atoms with van der Waals surface area (Å²) in [5, 5.41) is 0.279. The molecule has 0 radical (unpaired) electrons. The molecule has 0 bridgehead atoms. The van der Waals surface area contributed by atoms with Gasteiger partial charge in [-0.05, 0) is 133 Å². The molecule has 2 aromatic heterocycles. The summed E-state index contributed by atoms with van der Waals surface area (Å²) in [4.78, 5) is 4.38. The second-order valence-electron chi connectivity index (χ2n) is 26.1. The lowest BCUT2D eigenvalue weighted by Crippen LogP contribution is -2.42. The number of hydrogen-bond donors (Lipinski definition) is 0. The molecule has 72 heavy (non-hydrogen) atoms. The van der Waals surface area contributed by atoms with Crippen LogP contribution in [-0.2, 0) is 17.7 Å². The smallest absolute Gasteiger partial charge is 0.192 e. The highest BCUT2D eigenvalue weighted by Crippen LogP contribution is 2.41. The first-order chi connectivity index (χ1) is 32.8. The predicted molar refractivity (Wildman–Crippen MR) is 338 cm³/mol. The van der Waals surface area contributed by atoms with E-state index in [1.165, 1.54) is 9.75 Å². The fourth-order valence-corrected chi connectivity index (χ4v) is 16.9. The Labute approximate surface area is 459 Å². The van der Waals surface area contributed by atoms with Gasteiger partial charge < -0.3 is 17.7 Å². The molecule has 0 amide bonds. The Bertz CT molecular complexity index is 2230. The van der Waals surface area contributed by atoms with Crippen molar-refractivity contribution in [2.24, 2.45) is 0 Å². The molecule has 0 aliphatic rings. The average Bonchev–Trinajstić information content (AvgIpc) is 3.96. The molecule has 2 aromatic rings. The van der Waals surface area contributed by atoms with Gasteiger partial charge in [0.2, 0.25) is 0 Å². The Morgan fingerprint density at radius 3 is 0.806 bits per heavy atom. The topological polar surface area (TPSA) is 36.9 Å². The third-order valence-corrected chi connectivity index (χ3v) is 47.0. The van der Waals surface area contributed by atoms with Gasteiger partial charge in [0.1, 0.15) is 16.1 Å². The van der Waals surface area contributed by atoms with Crippen molar-refractivity contribution in [3.8, 4) is 56.4 Å². The van der Waals surface area contributed by atoms with Crippen molar-refractivity contribution in [3.05, 3.63) is 56.3 Å². The average molecular weight is 1120 g/mol. The van der Waals surface area contributed by atoms with Crippen molar-refractivity contribution in [2.45, 2.75) is 233 Å². The van der Waals surface area contributed by atoms with Crippen molar-refractivity contribution >= 4 is 72.1 Å². The summed E-state index contributed by atoms with van der Waals surface area (Å²) in [7, 11) is -11.9. The zero-order valence-corrected chi connectivity index (χ0v) is 58.5. The molecule has 0 aliphatic carbocycles. The first kappa shape index (κ1) is 66.4. The predicted octanol–water partition coefficient (Wildman–Crippen LogP) is 19.0. The molecule has 0 unspecified atom stereocenters. The summed E-state index contributed by atoms with van der Waals surface area (Å²) in [5.74, 6) is 22.1. The molecule has 2 heterocycles. The zero-order valence-electron chi connectivity index (χ0n) is 50.8. The molecule has 4 nitrogen and oxygen atoms in total. The first-order valence-electron chi connectivity index (χ1n) is 27.1. The minimum absolute atomic E-state index is 0.0640. The summed E-state index contributed by atoms with van der Waals surface area (Å²) in [6, 6.07) is 15.6. The van der Waals surface area contributed by atoms with Crippen molar-refractivity contribution in [3.63, 3.8) is 0 Å². The van der Waals surface area contributed by atoms with Crippen molar-refractivity contribution in [1.82, 2.24) is 0 Å². The van der Waals surface area contributed by atoms with Crippen LogP contribution in [-0.4, -0.2) is 75.8 Å². The van der Waals surface area contributed by atoms with E-state index in [4.69, 9.17) is 17.7 Å². The summed E-state index contributed by atoms with van der Waals surface area (Å²) in [6.07, 6.45) is 0. The van der Waals surface area contributed by atoms with E-state index >= 15 is 0 Å². The first-order valence-corrected chi connectivity index (χ1v) is 45.6. The standard InChI is InChI=1S/C60H102O4S2Si6/c1-27-71(28-2,29-3)43-41-51(47-63-69(23,24)59(13,14)15)49(45-61-67(19,20)57(7,8)9)33-35-53-37-39-55(65-53)56-40-38-54(66-56)36-34-50(46-62-68(21,22)58(10,11)12)52(42-44-72(30-4,31-5)32-6)48-64-70(25,26)60(16,17)18/h37-40H,27-32,45-48H2,1-26H3/b51-49+,52-50+. The SMILES string of the molecule is CC[Si](C#C/C(CO[Si](C)(C)C(C)(C)C)=C(/C#Cc1ccc(-c2ccc(C#C/C(CO[Si](C)(C)C(C)(C)C)=C(/C#C[Si](CC)(CC)CC)CO[Si](C)(C)C(C)(C)C)s2)s1)CO[Si](C)(C)C(C)(C)C)(CC)CC. The third-order valence-electron chi connectivity index (χ3n) is 17.4. The maximum absolute atomic E-state index is 6.95. The van der Waals surface area contributed by atoms with Crippen LogP contribution in [0.1, 0.15) is 134 Å². The lowest BCUT2D eigenvalue weighted by Gasteiger charge is -2.37. The molecule has 0 saturated carbocycles. The maximum atomic E-state index is 6.95. The molecule has 0 N–H and O–H groups in total. The molecule has 402 valence electrons. The highest BCUT2D eigenvalue weighted by molar-refractivity contribution is 7.22. The normalized spacial score (nSPS) is 14.2. The summed E-state index contributed by atoms with van der Waals surface area (Å²) < 4.78 is 27.8. The lowest BCUT2D eigenvalue weighted by atomic mass is 10.1. The molecule has 0 aliphatic heterocycles. The van der Waals surface area contributed by atoms with E-state index in [0.29, 0.717) is 26.4 Å². The van der Waals surface area contributed by atoms with Gasteiger partial charge in [0, 0.05) is 32.0 Å². The highest BCUT2D eigenvalue weighted by atomic mass is 32.1. The van der Waals surface area contributed by atoms with Gasteiger partial charge in [-0.15, -0.1) is 33.8 Å². The molecule has 0 spiro atoms. The largest absolute Gasteiger partial charge is 0.412 e. The molecule has 0 fully saturated rings. The minimum Gasteiger partial charge on any atom is -0.412 e. The maximum Gasteiger partial charge on any atom is 0.192 e. The van der Waals surface area contributed by atoms with E-state index in [-0.39, 0.29) is 20.2 Å². The van der Waals surface area contributed by atoms with Crippen LogP contribution in [0.5, 0.6) is 0 Å². The highest BCUT2D eigenvalue weighted by Gasteiger charge is 2.41.